The summed E-state index contributed by atoms with van der Waals surface area (Å²) >= 11 is 6.35. The summed E-state index contributed by atoms with van der Waals surface area (Å²) in [7, 11) is 0. The minimum Gasteiger partial charge on any atom is -0.379 e. The fraction of sp³-hybridized carbons (Fsp3) is 0.765. The van der Waals surface area contributed by atoms with Crippen molar-refractivity contribution in [2.24, 2.45) is 5.92 Å². The lowest BCUT2D eigenvalue weighted by atomic mass is 9.96. The van der Waals surface area contributed by atoms with Crippen LogP contribution in [0.3, 0.4) is 0 Å². The highest BCUT2D eigenvalue weighted by atomic mass is 35.5. The van der Waals surface area contributed by atoms with Crippen molar-refractivity contribution in [1.29, 1.82) is 0 Å². The molecule has 6 heteroatoms. The van der Waals surface area contributed by atoms with E-state index in [0.717, 1.165) is 63.0 Å². The molecule has 0 saturated carbocycles. The fourth-order valence-electron chi connectivity index (χ4n) is 3.67. The van der Waals surface area contributed by atoms with Gasteiger partial charge in [-0.3, -0.25) is 4.90 Å². The van der Waals surface area contributed by atoms with E-state index in [2.05, 4.69) is 21.7 Å². The van der Waals surface area contributed by atoms with Gasteiger partial charge < -0.3 is 9.64 Å². The molecule has 1 aromatic rings. The lowest BCUT2D eigenvalue weighted by Gasteiger charge is -2.38. The third-order valence-corrected chi connectivity index (χ3v) is 5.15. The molecule has 2 aliphatic heterocycles. The molecule has 2 fully saturated rings. The standard InChI is InChI=1S/C17H27ClN4O/c1-3-15-16(18)19-13(2)20-17(15)22-6-4-5-14(12-22)11-21-7-9-23-10-8-21/h14H,3-12H2,1-2H3. The first kappa shape index (κ1) is 16.9. The van der Waals surface area contributed by atoms with Crippen molar-refractivity contribution in [3.05, 3.63) is 16.5 Å². The Labute approximate surface area is 144 Å². The van der Waals surface area contributed by atoms with Crippen molar-refractivity contribution in [2.75, 3.05) is 50.8 Å². The van der Waals surface area contributed by atoms with Gasteiger partial charge in [0.05, 0.1) is 13.2 Å². The molecule has 1 atom stereocenters. The Morgan fingerprint density at radius 3 is 2.74 bits per heavy atom. The van der Waals surface area contributed by atoms with E-state index in [9.17, 15) is 0 Å². The average Bonchev–Trinajstić information content (AvgIpc) is 2.55. The highest BCUT2D eigenvalue weighted by molar-refractivity contribution is 6.30. The molecule has 2 saturated heterocycles. The Kier molecular flexibility index (Phi) is 5.72. The van der Waals surface area contributed by atoms with Crippen molar-refractivity contribution in [2.45, 2.75) is 33.1 Å². The normalized spacial score (nSPS) is 23.3. The summed E-state index contributed by atoms with van der Waals surface area (Å²) in [5.41, 5.74) is 1.09. The van der Waals surface area contributed by atoms with Crippen LogP contribution in [-0.4, -0.2) is 60.8 Å². The minimum atomic E-state index is 0.616. The second kappa shape index (κ2) is 7.77. The number of halogens is 1. The number of hydrogen-bond donors (Lipinski definition) is 0. The van der Waals surface area contributed by atoms with Crippen LogP contribution >= 0.6 is 11.6 Å². The quantitative estimate of drug-likeness (QED) is 0.789. The van der Waals surface area contributed by atoms with E-state index in [1.165, 1.54) is 19.4 Å². The van der Waals surface area contributed by atoms with Crippen molar-refractivity contribution < 1.29 is 4.74 Å². The van der Waals surface area contributed by atoms with E-state index in [1.807, 2.05) is 6.92 Å². The van der Waals surface area contributed by atoms with Crippen molar-refractivity contribution in [1.82, 2.24) is 14.9 Å². The molecule has 0 bridgehead atoms. The molecule has 0 aromatic carbocycles. The van der Waals surface area contributed by atoms with Crippen LogP contribution in [-0.2, 0) is 11.2 Å². The summed E-state index contributed by atoms with van der Waals surface area (Å²) in [5.74, 6) is 2.51. The summed E-state index contributed by atoms with van der Waals surface area (Å²) in [5, 5.41) is 0.616. The predicted octanol–water partition coefficient (Wildman–Crippen LogP) is 2.55. The van der Waals surface area contributed by atoms with E-state index in [1.54, 1.807) is 0 Å². The molecule has 0 aliphatic carbocycles. The largest absolute Gasteiger partial charge is 0.379 e. The van der Waals surface area contributed by atoms with Crippen molar-refractivity contribution >= 4 is 17.4 Å². The number of piperidine rings is 1. The maximum absolute atomic E-state index is 6.35. The van der Waals surface area contributed by atoms with Crippen LogP contribution in [0.2, 0.25) is 5.15 Å². The lowest BCUT2D eigenvalue weighted by molar-refractivity contribution is 0.0296. The molecule has 0 radical (unpaired) electrons. The molecule has 0 N–H and O–H groups in total. The smallest absolute Gasteiger partial charge is 0.138 e. The van der Waals surface area contributed by atoms with Gasteiger partial charge in [0, 0.05) is 38.3 Å². The number of hydrogen-bond acceptors (Lipinski definition) is 5. The van der Waals surface area contributed by atoms with Crippen LogP contribution in [0.15, 0.2) is 0 Å². The number of anilines is 1. The molecule has 1 unspecified atom stereocenters. The van der Waals surface area contributed by atoms with Gasteiger partial charge in [0.25, 0.3) is 0 Å². The number of rotatable bonds is 4. The molecule has 1 aromatic heterocycles. The van der Waals surface area contributed by atoms with E-state index in [4.69, 9.17) is 21.3 Å². The SMILES string of the molecule is CCc1c(Cl)nc(C)nc1N1CCCC(CN2CCOCC2)C1. The van der Waals surface area contributed by atoms with Gasteiger partial charge in [-0.25, -0.2) is 9.97 Å². The zero-order valence-electron chi connectivity index (χ0n) is 14.2. The molecule has 5 nitrogen and oxygen atoms in total. The summed E-state index contributed by atoms with van der Waals surface area (Å²) in [6.07, 6.45) is 3.39. The monoisotopic (exact) mass is 338 g/mol. The third-order valence-electron chi connectivity index (χ3n) is 4.84. The molecule has 23 heavy (non-hydrogen) atoms. The first-order valence-electron chi connectivity index (χ1n) is 8.75. The molecular formula is C17H27ClN4O. The van der Waals surface area contributed by atoms with Gasteiger partial charge in [-0.05, 0) is 32.1 Å². The molecule has 2 aliphatic rings. The number of ether oxygens (including phenoxy) is 1. The van der Waals surface area contributed by atoms with Gasteiger partial charge in [-0.2, -0.15) is 0 Å². The molecule has 3 heterocycles. The van der Waals surface area contributed by atoms with Gasteiger partial charge in [-0.1, -0.05) is 18.5 Å². The van der Waals surface area contributed by atoms with E-state index >= 15 is 0 Å². The summed E-state index contributed by atoms with van der Waals surface area (Å²) in [6.45, 7) is 11.2. The van der Waals surface area contributed by atoms with Crippen LogP contribution in [0.25, 0.3) is 0 Å². The van der Waals surface area contributed by atoms with Crippen LogP contribution in [0.4, 0.5) is 5.82 Å². The van der Waals surface area contributed by atoms with Crippen molar-refractivity contribution in [3.8, 4) is 0 Å². The zero-order chi connectivity index (χ0) is 16.2. The van der Waals surface area contributed by atoms with Gasteiger partial charge in [0.2, 0.25) is 0 Å². The van der Waals surface area contributed by atoms with Crippen LogP contribution in [0.1, 0.15) is 31.2 Å². The molecule has 0 spiro atoms. The van der Waals surface area contributed by atoms with E-state index in [-0.39, 0.29) is 0 Å². The van der Waals surface area contributed by atoms with Crippen LogP contribution in [0, 0.1) is 12.8 Å². The summed E-state index contributed by atoms with van der Waals surface area (Å²) in [4.78, 5) is 14.0. The average molecular weight is 339 g/mol. The van der Waals surface area contributed by atoms with Crippen LogP contribution in [0.5, 0.6) is 0 Å². The zero-order valence-corrected chi connectivity index (χ0v) is 15.0. The first-order valence-corrected chi connectivity index (χ1v) is 9.13. The third kappa shape index (κ3) is 4.14. The predicted molar refractivity (Wildman–Crippen MR) is 93.4 cm³/mol. The Bertz CT molecular complexity index is 534. The molecule has 0 amide bonds. The second-order valence-electron chi connectivity index (χ2n) is 6.58. The lowest BCUT2D eigenvalue weighted by Crippen LogP contribution is -2.45. The number of nitrogens with zero attached hydrogens (tertiary/aromatic N) is 4. The Morgan fingerprint density at radius 2 is 2.00 bits per heavy atom. The molecule has 3 rings (SSSR count). The summed E-state index contributed by atoms with van der Waals surface area (Å²) in [6, 6.07) is 0. The second-order valence-corrected chi connectivity index (χ2v) is 6.94. The Morgan fingerprint density at radius 1 is 1.22 bits per heavy atom. The highest BCUT2D eigenvalue weighted by Crippen LogP contribution is 2.29. The van der Waals surface area contributed by atoms with Crippen LogP contribution < -0.4 is 4.90 Å². The highest BCUT2D eigenvalue weighted by Gasteiger charge is 2.26. The van der Waals surface area contributed by atoms with Gasteiger partial charge in [0.1, 0.15) is 16.8 Å². The number of aromatic nitrogens is 2. The summed E-state index contributed by atoms with van der Waals surface area (Å²) < 4.78 is 5.45. The van der Waals surface area contributed by atoms with Gasteiger partial charge in [0.15, 0.2) is 0 Å². The van der Waals surface area contributed by atoms with E-state index < -0.39 is 0 Å². The molecule has 128 valence electrons. The minimum absolute atomic E-state index is 0.616. The number of morpholine rings is 1. The van der Waals surface area contributed by atoms with Gasteiger partial charge in [-0.15, -0.1) is 0 Å². The topological polar surface area (TPSA) is 41.5 Å². The van der Waals surface area contributed by atoms with Gasteiger partial charge >= 0.3 is 0 Å². The fourth-order valence-corrected chi connectivity index (χ4v) is 4.01. The molecular weight excluding hydrogens is 312 g/mol. The maximum atomic E-state index is 6.35. The number of aryl methyl sites for hydroxylation is 1. The van der Waals surface area contributed by atoms with E-state index in [0.29, 0.717) is 11.1 Å². The Balaban J connectivity index is 1.70. The maximum Gasteiger partial charge on any atom is 0.138 e. The van der Waals surface area contributed by atoms with Crippen molar-refractivity contribution in [3.63, 3.8) is 0 Å². The first-order chi connectivity index (χ1) is 11.2. The Hall–Kier alpha value is -0.910.